The molecule has 1 atom stereocenters. The van der Waals surface area contributed by atoms with Crippen molar-refractivity contribution in [2.24, 2.45) is 5.92 Å². The van der Waals surface area contributed by atoms with Gasteiger partial charge in [-0.1, -0.05) is 26.2 Å². The first-order valence-corrected chi connectivity index (χ1v) is 8.70. The number of halogens is 1. The number of carbonyl (C=O) groups is 2. The molecule has 0 radical (unpaired) electrons. The van der Waals surface area contributed by atoms with Crippen LogP contribution in [0.15, 0.2) is 42.5 Å². The van der Waals surface area contributed by atoms with Gasteiger partial charge in [0.1, 0.15) is 11.7 Å². The standard InChI is InChI=1S/C21H20FNO4/c1-2-3-4-5-17(21(25)26)20(24)15-7-9-16(10-8-15)27-19-11-6-14(13-23)12-18(19)22/h6-12,17H,2-5H2,1H3,(H,25,26). The quantitative estimate of drug-likeness (QED) is 0.384. The summed E-state index contributed by atoms with van der Waals surface area (Å²) in [6, 6.07) is 11.6. The number of Topliss-reactive ketones (excluding diaryl/α,β-unsaturated/α-hetero) is 1. The second-order valence-corrected chi connectivity index (χ2v) is 6.13. The first-order chi connectivity index (χ1) is 13.0. The van der Waals surface area contributed by atoms with E-state index >= 15 is 0 Å². The summed E-state index contributed by atoms with van der Waals surface area (Å²) in [4.78, 5) is 23.9. The summed E-state index contributed by atoms with van der Waals surface area (Å²) in [5.41, 5.74) is 0.454. The van der Waals surface area contributed by atoms with Crippen molar-refractivity contribution in [1.82, 2.24) is 0 Å². The number of unbranched alkanes of at least 4 members (excludes halogenated alkanes) is 2. The largest absolute Gasteiger partial charge is 0.481 e. The Labute approximate surface area is 157 Å². The van der Waals surface area contributed by atoms with Crippen molar-refractivity contribution in [3.63, 3.8) is 0 Å². The van der Waals surface area contributed by atoms with Crippen molar-refractivity contribution in [2.45, 2.75) is 32.6 Å². The van der Waals surface area contributed by atoms with E-state index in [-0.39, 0.29) is 16.9 Å². The lowest BCUT2D eigenvalue weighted by atomic mass is 9.92. The van der Waals surface area contributed by atoms with Crippen LogP contribution in [-0.2, 0) is 4.79 Å². The second-order valence-electron chi connectivity index (χ2n) is 6.13. The Morgan fingerprint density at radius 3 is 2.44 bits per heavy atom. The Hall–Kier alpha value is -3.20. The van der Waals surface area contributed by atoms with E-state index in [0.29, 0.717) is 18.6 Å². The van der Waals surface area contributed by atoms with E-state index in [1.807, 2.05) is 13.0 Å². The average Bonchev–Trinajstić information content (AvgIpc) is 2.66. The number of hydrogen-bond donors (Lipinski definition) is 1. The number of rotatable bonds is 9. The number of carboxylic acid groups (broad SMARTS) is 1. The molecular weight excluding hydrogens is 349 g/mol. The molecule has 0 bridgehead atoms. The van der Waals surface area contributed by atoms with Crippen LogP contribution in [0.2, 0.25) is 0 Å². The fraction of sp³-hybridized carbons (Fsp3) is 0.286. The maximum absolute atomic E-state index is 13.9. The topological polar surface area (TPSA) is 87.4 Å². The Kier molecular flexibility index (Phi) is 7.07. The van der Waals surface area contributed by atoms with Crippen LogP contribution in [0, 0.1) is 23.1 Å². The summed E-state index contributed by atoms with van der Waals surface area (Å²) >= 11 is 0. The molecule has 140 valence electrons. The van der Waals surface area contributed by atoms with Crippen molar-refractivity contribution < 1.29 is 23.8 Å². The van der Waals surface area contributed by atoms with Crippen LogP contribution >= 0.6 is 0 Å². The van der Waals surface area contributed by atoms with Gasteiger partial charge in [-0.05, 0) is 48.9 Å². The second kappa shape index (κ2) is 9.48. The molecule has 0 aliphatic carbocycles. The van der Waals surface area contributed by atoms with Gasteiger partial charge in [0.2, 0.25) is 0 Å². The van der Waals surface area contributed by atoms with Gasteiger partial charge < -0.3 is 9.84 Å². The minimum absolute atomic E-state index is 0.0453. The Morgan fingerprint density at radius 1 is 1.19 bits per heavy atom. The fourth-order valence-electron chi connectivity index (χ4n) is 2.63. The molecule has 0 aromatic heterocycles. The molecule has 5 nitrogen and oxygen atoms in total. The molecule has 27 heavy (non-hydrogen) atoms. The minimum Gasteiger partial charge on any atom is -0.481 e. The van der Waals surface area contributed by atoms with Gasteiger partial charge in [0.25, 0.3) is 0 Å². The number of benzene rings is 2. The molecule has 1 unspecified atom stereocenters. The van der Waals surface area contributed by atoms with Gasteiger partial charge in [0.15, 0.2) is 17.3 Å². The third kappa shape index (κ3) is 5.38. The Bertz CT molecular complexity index is 855. The van der Waals surface area contributed by atoms with Gasteiger partial charge in [-0.25, -0.2) is 4.39 Å². The van der Waals surface area contributed by atoms with E-state index in [2.05, 4.69) is 0 Å². The normalized spacial score (nSPS) is 11.4. The number of ether oxygens (including phenoxy) is 1. The maximum atomic E-state index is 13.9. The number of aliphatic carboxylic acids is 1. The monoisotopic (exact) mass is 369 g/mol. The molecule has 0 fully saturated rings. The molecule has 2 aromatic rings. The summed E-state index contributed by atoms with van der Waals surface area (Å²) in [5.74, 6) is -3.06. The van der Waals surface area contributed by atoms with Crippen LogP contribution in [0.1, 0.15) is 48.5 Å². The molecule has 1 N–H and O–H groups in total. The zero-order valence-electron chi connectivity index (χ0n) is 14.9. The molecular formula is C21H20FNO4. The van der Waals surface area contributed by atoms with Gasteiger partial charge in [-0.3, -0.25) is 9.59 Å². The van der Waals surface area contributed by atoms with E-state index < -0.39 is 23.5 Å². The highest BCUT2D eigenvalue weighted by molar-refractivity contribution is 6.08. The molecule has 0 amide bonds. The molecule has 0 aliphatic heterocycles. The maximum Gasteiger partial charge on any atom is 0.314 e. The van der Waals surface area contributed by atoms with Gasteiger partial charge in [0, 0.05) is 5.56 Å². The number of nitriles is 1. The molecule has 6 heteroatoms. The van der Waals surface area contributed by atoms with E-state index in [9.17, 15) is 19.1 Å². The number of hydrogen-bond acceptors (Lipinski definition) is 4. The first-order valence-electron chi connectivity index (χ1n) is 8.70. The first kappa shape index (κ1) is 20.1. The van der Waals surface area contributed by atoms with Gasteiger partial charge in [-0.15, -0.1) is 0 Å². The van der Waals surface area contributed by atoms with Crippen LogP contribution in [0.4, 0.5) is 4.39 Å². The number of ketones is 1. The third-order valence-electron chi connectivity index (χ3n) is 4.14. The highest BCUT2D eigenvalue weighted by Crippen LogP contribution is 2.26. The Balaban J connectivity index is 2.10. The molecule has 0 spiro atoms. The van der Waals surface area contributed by atoms with E-state index in [1.54, 1.807) is 0 Å². The number of carboxylic acids is 1. The fourth-order valence-corrected chi connectivity index (χ4v) is 2.63. The zero-order valence-corrected chi connectivity index (χ0v) is 14.9. The molecule has 0 saturated carbocycles. The van der Waals surface area contributed by atoms with Gasteiger partial charge in [0.05, 0.1) is 11.6 Å². The van der Waals surface area contributed by atoms with Crippen molar-refractivity contribution in [3.05, 3.63) is 59.4 Å². The SMILES string of the molecule is CCCCCC(C(=O)O)C(=O)c1ccc(Oc2ccc(C#N)cc2F)cc1. The predicted octanol–water partition coefficient (Wildman–Crippen LogP) is 4.95. The van der Waals surface area contributed by atoms with Crippen molar-refractivity contribution >= 4 is 11.8 Å². The number of nitrogens with zero attached hydrogens (tertiary/aromatic N) is 1. The summed E-state index contributed by atoms with van der Waals surface area (Å²) in [7, 11) is 0. The van der Waals surface area contributed by atoms with Crippen molar-refractivity contribution in [1.29, 1.82) is 5.26 Å². The highest BCUT2D eigenvalue weighted by atomic mass is 19.1. The molecule has 0 aliphatic rings. The average molecular weight is 369 g/mol. The summed E-state index contributed by atoms with van der Waals surface area (Å²) in [6.45, 7) is 2.01. The van der Waals surface area contributed by atoms with Crippen LogP contribution in [0.3, 0.4) is 0 Å². The lowest BCUT2D eigenvalue weighted by Crippen LogP contribution is -2.24. The minimum atomic E-state index is -1.13. The smallest absolute Gasteiger partial charge is 0.314 e. The van der Waals surface area contributed by atoms with Crippen LogP contribution in [0.25, 0.3) is 0 Å². The van der Waals surface area contributed by atoms with Crippen LogP contribution < -0.4 is 4.74 Å². The summed E-state index contributed by atoms with van der Waals surface area (Å²) in [5, 5.41) is 18.1. The van der Waals surface area contributed by atoms with Gasteiger partial charge >= 0.3 is 5.97 Å². The highest BCUT2D eigenvalue weighted by Gasteiger charge is 2.26. The van der Waals surface area contributed by atoms with E-state index in [4.69, 9.17) is 10.00 Å². The lowest BCUT2D eigenvalue weighted by molar-refractivity contribution is -0.140. The van der Waals surface area contributed by atoms with Gasteiger partial charge in [-0.2, -0.15) is 5.26 Å². The Morgan fingerprint density at radius 2 is 1.89 bits per heavy atom. The number of carbonyl (C=O) groups excluding carboxylic acids is 1. The van der Waals surface area contributed by atoms with Crippen molar-refractivity contribution in [3.8, 4) is 17.6 Å². The van der Waals surface area contributed by atoms with Crippen LogP contribution in [-0.4, -0.2) is 16.9 Å². The predicted molar refractivity (Wildman–Crippen MR) is 97.2 cm³/mol. The van der Waals surface area contributed by atoms with E-state index in [0.717, 1.165) is 18.9 Å². The summed E-state index contributed by atoms with van der Waals surface area (Å²) in [6.07, 6.45) is 2.80. The van der Waals surface area contributed by atoms with E-state index in [1.165, 1.54) is 36.4 Å². The third-order valence-corrected chi connectivity index (χ3v) is 4.14. The molecule has 2 rings (SSSR count). The summed E-state index contributed by atoms with van der Waals surface area (Å²) < 4.78 is 19.3. The molecule has 2 aromatic carbocycles. The lowest BCUT2D eigenvalue weighted by Gasteiger charge is -2.12. The van der Waals surface area contributed by atoms with Crippen LogP contribution in [0.5, 0.6) is 11.5 Å². The zero-order chi connectivity index (χ0) is 19.8. The molecule has 0 saturated heterocycles. The molecule has 0 heterocycles. The van der Waals surface area contributed by atoms with Crippen molar-refractivity contribution in [2.75, 3.05) is 0 Å².